The highest BCUT2D eigenvalue weighted by Gasteiger charge is 2.32. The smallest absolute Gasteiger partial charge is 0.304 e. The molecule has 7 heteroatoms. The third kappa shape index (κ3) is 2.81. The molecule has 0 N–H and O–H groups in total. The first-order valence-corrected chi connectivity index (χ1v) is 8.96. The molecule has 0 spiro atoms. The monoisotopic (exact) mass is 331 g/mol. The Morgan fingerprint density at radius 1 is 1.29 bits per heavy atom. The molecule has 0 aromatic carbocycles. The van der Waals surface area contributed by atoms with E-state index in [-0.39, 0.29) is 11.7 Å². The fraction of sp³-hybridized carbons (Fsp3) is 0.706. The second-order valence-corrected chi connectivity index (χ2v) is 6.69. The molecule has 2 fully saturated rings. The molecule has 0 bridgehead atoms. The van der Waals surface area contributed by atoms with Gasteiger partial charge < -0.3 is 9.47 Å². The van der Waals surface area contributed by atoms with Gasteiger partial charge in [0.2, 0.25) is 0 Å². The van der Waals surface area contributed by atoms with Crippen molar-refractivity contribution in [3.8, 4) is 6.01 Å². The number of aromatic nitrogens is 2. The summed E-state index contributed by atoms with van der Waals surface area (Å²) in [7, 11) is 0. The van der Waals surface area contributed by atoms with E-state index in [2.05, 4.69) is 17.2 Å². The molecule has 129 valence electrons. The third-order valence-electron chi connectivity index (χ3n) is 4.87. The SMILES string of the molecule is CCCn1c(O[C@@H]2CCOC2)nc(=O)c2c1N=C(C1CCCC1)[N]2. The Balaban J connectivity index is 1.70. The second kappa shape index (κ2) is 6.55. The van der Waals surface area contributed by atoms with Crippen LogP contribution in [-0.4, -0.2) is 34.7 Å². The second-order valence-electron chi connectivity index (χ2n) is 6.69. The van der Waals surface area contributed by atoms with E-state index in [1.807, 2.05) is 4.57 Å². The molecule has 7 nitrogen and oxygen atoms in total. The predicted octanol–water partition coefficient (Wildman–Crippen LogP) is 2.29. The lowest BCUT2D eigenvalue weighted by molar-refractivity contribution is 0.129. The Morgan fingerprint density at radius 3 is 2.83 bits per heavy atom. The van der Waals surface area contributed by atoms with Crippen molar-refractivity contribution < 1.29 is 9.47 Å². The van der Waals surface area contributed by atoms with Crippen LogP contribution in [0.2, 0.25) is 0 Å². The Labute approximate surface area is 141 Å². The zero-order chi connectivity index (χ0) is 16.5. The first-order chi connectivity index (χ1) is 11.8. The summed E-state index contributed by atoms with van der Waals surface area (Å²) < 4.78 is 13.2. The summed E-state index contributed by atoms with van der Waals surface area (Å²) in [5.41, 5.74) is 0.0309. The molecule has 1 atom stereocenters. The van der Waals surface area contributed by atoms with Crippen LogP contribution in [0.15, 0.2) is 9.79 Å². The average Bonchev–Trinajstić information content (AvgIpc) is 3.30. The van der Waals surface area contributed by atoms with Crippen LogP contribution in [0.3, 0.4) is 0 Å². The van der Waals surface area contributed by atoms with Crippen molar-refractivity contribution in [3.05, 3.63) is 10.4 Å². The maximum atomic E-state index is 12.4. The summed E-state index contributed by atoms with van der Waals surface area (Å²) in [5.74, 6) is 1.79. The number of hydrogen-bond donors (Lipinski definition) is 0. The van der Waals surface area contributed by atoms with Crippen LogP contribution in [-0.2, 0) is 11.3 Å². The first-order valence-electron chi connectivity index (χ1n) is 8.96. The van der Waals surface area contributed by atoms with Crippen molar-refractivity contribution in [2.45, 2.75) is 58.1 Å². The molecule has 1 saturated heterocycles. The molecule has 1 radical (unpaired) electrons. The molecule has 3 heterocycles. The number of rotatable bonds is 5. The first kappa shape index (κ1) is 15.6. The topological polar surface area (TPSA) is 79.8 Å². The number of aliphatic imine (C=N–C) groups is 1. The fourth-order valence-corrected chi connectivity index (χ4v) is 3.61. The van der Waals surface area contributed by atoms with Gasteiger partial charge in [0.25, 0.3) is 0 Å². The lowest BCUT2D eigenvalue weighted by Crippen LogP contribution is -2.25. The van der Waals surface area contributed by atoms with Gasteiger partial charge in [-0.2, -0.15) is 4.98 Å². The quantitative estimate of drug-likeness (QED) is 0.829. The van der Waals surface area contributed by atoms with Crippen LogP contribution in [0.4, 0.5) is 11.5 Å². The zero-order valence-corrected chi connectivity index (χ0v) is 14.0. The van der Waals surface area contributed by atoms with Crippen molar-refractivity contribution in [2.24, 2.45) is 10.9 Å². The summed E-state index contributed by atoms with van der Waals surface area (Å²) in [6, 6.07) is 0.350. The van der Waals surface area contributed by atoms with Gasteiger partial charge in [0.05, 0.1) is 13.2 Å². The summed E-state index contributed by atoms with van der Waals surface area (Å²) in [6.07, 6.45) is 6.31. The Kier molecular flexibility index (Phi) is 4.26. The normalized spacial score (nSPS) is 23.2. The van der Waals surface area contributed by atoms with Crippen LogP contribution in [0.5, 0.6) is 6.01 Å². The minimum atomic E-state index is -0.344. The Hall–Kier alpha value is -1.89. The Bertz CT molecular complexity index is 701. The molecule has 1 aromatic rings. The highest BCUT2D eigenvalue weighted by molar-refractivity contribution is 5.96. The van der Waals surface area contributed by atoms with Crippen molar-refractivity contribution >= 4 is 17.3 Å². The van der Waals surface area contributed by atoms with Crippen molar-refractivity contribution in [2.75, 3.05) is 13.2 Å². The summed E-state index contributed by atoms with van der Waals surface area (Å²) >= 11 is 0. The molecule has 1 aliphatic carbocycles. The highest BCUT2D eigenvalue weighted by atomic mass is 16.6. The van der Waals surface area contributed by atoms with Crippen LogP contribution in [0.1, 0.15) is 45.4 Å². The zero-order valence-electron chi connectivity index (χ0n) is 14.0. The summed E-state index contributed by atoms with van der Waals surface area (Å²) in [6.45, 7) is 4.02. The molecule has 0 amide bonds. The largest absolute Gasteiger partial charge is 0.459 e. The van der Waals surface area contributed by atoms with E-state index in [0.717, 1.165) is 31.5 Å². The molecule has 2 aliphatic heterocycles. The predicted molar refractivity (Wildman–Crippen MR) is 89.5 cm³/mol. The number of fused-ring (bicyclic) bond motifs is 1. The van der Waals surface area contributed by atoms with Gasteiger partial charge in [-0.1, -0.05) is 19.8 Å². The van der Waals surface area contributed by atoms with E-state index in [9.17, 15) is 4.79 Å². The standard InChI is InChI=1S/C17H23N4O3/c1-2-8-21-15-13(18-14(19-15)11-5-3-4-6-11)16(22)20-17(21)24-12-7-9-23-10-12/h11-12H,2-10H2,1H3/t12-/m1/s1. The van der Waals surface area contributed by atoms with Crippen LogP contribution in [0, 0.1) is 5.92 Å². The summed E-state index contributed by atoms with van der Waals surface area (Å²) in [4.78, 5) is 21.3. The van der Waals surface area contributed by atoms with Gasteiger partial charge >= 0.3 is 11.6 Å². The van der Waals surface area contributed by atoms with Gasteiger partial charge in [-0.15, -0.1) is 0 Å². The molecule has 1 aromatic heterocycles. The molecule has 3 aliphatic rings. The number of ether oxygens (including phenoxy) is 2. The molecule has 24 heavy (non-hydrogen) atoms. The van der Waals surface area contributed by atoms with E-state index >= 15 is 0 Å². The maximum Gasteiger partial charge on any atom is 0.304 e. The lowest BCUT2D eigenvalue weighted by atomic mass is 10.1. The highest BCUT2D eigenvalue weighted by Crippen LogP contribution is 2.36. The van der Waals surface area contributed by atoms with E-state index in [1.165, 1.54) is 12.8 Å². The Morgan fingerprint density at radius 2 is 2.12 bits per heavy atom. The maximum absolute atomic E-state index is 12.4. The van der Waals surface area contributed by atoms with Crippen molar-refractivity contribution in [1.29, 1.82) is 0 Å². The summed E-state index contributed by atoms with van der Waals surface area (Å²) in [5, 5.41) is 4.52. The van der Waals surface area contributed by atoms with Crippen LogP contribution in [0.25, 0.3) is 0 Å². The van der Waals surface area contributed by atoms with E-state index < -0.39 is 0 Å². The van der Waals surface area contributed by atoms with Crippen LogP contribution < -0.4 is 15.6 Å². The van der Waals surface area contributed by atoms with Gasteiger partial charge in [-0.3, -0.25) is 9.36 Å². The average molecular weight is 331 g/mol. The van der Waals surface area contributed by atoms with Crippen molar-refractivity contribution in [1.82, 2.24) is 14.9 Å². The molecule has 4 rings (SSSR count). The van der Waals surface area contributed by atoms with E-state index in [4.69, 9.17) is 14.5 Å². The molecular weight excluding hydrogens is 308 g/mol. The van der Waals surface area contributed by atoms with Gasteiger partial charge in [-0.05, 0) is 19.3 Å². The van der Waals surface area contributed by atoms with Gasteiger partial charge in [0, 0.05) is 18.9 Å². The third-order valence-corrected chi connectivity index (χ3v) is 4.87. The van der Waals surface area contributed by atoms with Gasteiger partial charge in [0.1, 0.15) is 11.9 Å². The van der Waals surface area contributed by atoms with Gasteiger partial charge in [0.15, 0.2) is 11.5 Å². The molecule has 0 unspecified atom stereocenters. The molecular formula is C17H23N4O3. The number of hydrogen-bond acceptors (Lipinski definition) is 5. The molecule has 1 saturated carbocycles. The van der Waals surface area contributed by atoms with Gasteiger partial charge in [-0.25, -0.2) is 10.3 Å². The van der Waals surface area contributed by atoms with E-state index in [0.29, 0.717) is 43.2 Å². The van der Waals surface area contributed by atoms with E-state index in [1.54, 1.807) is 0 Å². The lowest BCUT2D eigenvalue weighted by Gasteiger charge is -2.17. The number of nitrogens with zero attached hydrogens (tertiary/aromatic N) is 4. The minimum Gasteiger partial charge on any atom is -0.459 e. The number of amidine groups is 1. The van der Waals surface area contributed by atoms with Crippen LogP contribution >= 0.6 is 0 Å². The minimum absolute atomic E-state index is 0.0466. The van der Waals surface area contributed by atoms with Crippen molar-refractivity contribution in [3.63, 3.8) is 0 Å². The fourth-order valence-electron chi connectivity index (χ4n) is 3.61.